The molecule has 0 saturated heterocycles. The van der Waals surface area contributed by atoms with Crippen molar-refractivity contribution in [3.05, 3.63) is 56.6 Å². The van der Waals surface area contributed by atoms with Crippen LogP contribution in [0.5, 0.6) is 0 Å². The average molecular weight is 387 g/mol. The molecule has 9 heteroatoms. The molecule has 0 radical (unpaired) electrons. The number of esters is 1. The Morgan fingerprint density at radius 2 is 2.00 bits per heavy atom. The van der Waals surface area contributed by atoms with Crippen LogP contribution in [-0.4, -0.2) is 28.2 Å². The smallest absolute Gasteiger partial charge is 0.326 e. The molecule has 3 rings (SSSR count). The summed E-state index contributed by atoms with van der Waals surface area (Å²) >= 11 is 1.00. The second-order valence-electron chi connectivity index (χ2n) is 5.88. The van der Waals surface area contributed by atoms with E-state index in [9.17, 15) is 14.4 Å². The van der Waals surface area contributed by atoms with Crippen LogP contribution in [0.15, 0.2) is 45.0 Å². The molecule has 140 valence electrons. The Labute approximate surface area is 158 Å². The zero-order valence-corrected chi connectivity index (χ0v) is 15.5. The van der Waals surface area contributed by atoms with Crippen LogP contribution in [0.4, 0.5) is 5.88 Å². The number of carbonyl (C=O) groups is 2. The maximum Gasteiger partial charge on any atom is 0.326 e. The molecule has 1 amide bonds. The Balaban J connectivity index is 1.51. The number of amides is 1. The summed E-state index contributed by atoms with van der Waals surface area (Å²) in [5.41, 5.74) is 3.22. The van der Waals surface area contributed by atoms with Crippen LogP contribution in [-0.2, 0) is 20.9 Å². The van der Waals surface area contributed by atoms with Gasteiger partial charge < -0.3 is 9.26 Å². The van der Waals surface area contributed by atoms with Crippen LogP contribution in [0.25, 0.3) is 11.3 Å². The first-order valence-electron chi connectivity index (χ1n) is 8.06. The maximum absolute atomic E-state index is 11.9. The van der Waals surface area contributed by atoms with Crippen LogP contribution >= 0.6 is 11.3 Å². The third-order valence-corrected chi connectivity index (χ3v) is 4.63. The number of ether oxygens (including phenoxy) is 1. The number of nitrogens with one attached hydrogen (secondary N) is 1. The SMILES string of the molecule is Cc1ccc(-c2cc(NC(=O)COC(=O)Cn3c(C)csc3=O)on2)cc1. The van der Waals surface area contributed by atoms with Gasteiger partial charge in [-0.25, -0.2) is 0 Å². The van der Waals surface area contributed by atoms with E-state index in [1.165, 1.54) is 4.57 Å². The van der Waals surface area contributed by atoms with Gasteiger partial charge in [-0.15, -0.1) is 0 Å². The number of hydrogen-bond donors (Lipinski definition) is 1. The second-order valence-corrected chi connectivity index (χ2v) is 6.70. The van der Waals surface area contributed by atoms with Crippen molar-refractivity contribution in [2.45, 2.75) is 20.4 Å². The van der Waals surface area contributed by atoms with Gasteiger partial charge in [-0.2, -0.15) is 0 Å². The molecule has 1 N–H and O–H groups in total. The number of nitrogens with zero attached hydrogens (tertiary/aromatic N) is 2. The third kappa shape index (κ3) is 4.70. The second kappa shape index (κ2) is 8.00. The Bertz CT molecular complexity index is 1020. The number of anilines is 1. The van der Waals surface area contributed by atoms with Gasteiger partial charge in [-0.1, -0.05) is 46.3 Å². The zero-order chi connectivity index (χ0) is 19.4. The molecule has 2 aromatic heterocycles. The topological polar surface area (TPSA) is 103 Å². The van der Waals surface area contributed by atoms with E-state index < -0.39 is 18.5 Å². The van der Waals surface area contributed by atoms with Gasteiger partial charge in [0.05, 0.1) is 0 Å². The summed E-state index contributed by atoms with van der Waals surface area (Å²) in [5, 5.41) is 8.02. The molecule has 0 bridgehead atoms. The number of hydrogen-bond acceptors (Lipinski definition) is 7. The highest BCUT2D eigenvalue weighted by Crippen LogP contribution is 2.21. The van der Waals surface area contributed by atoms with E-state index in [1.807, 2.05) is 31.2 Å². The monoisotopic (exact) mass is 387 g/mol. The van der Waals surface area contributed by atoms with E-state index in [0.29, 0.717) is 11.4 Å². The minimum Gasteiger partial charge on any atom is -0.454 e. The lowest BCUT2D eigenvalue weighted by atomic mass is 10.1. The largest absolute Gasteiger partial charge is 0.454 e. The summed E-state index contributed by atoms with van der Waals surface area (Å²) in [6.07, 6.45) is 0. The molecule has 0 aliphatic rings. The summed E-state index contributed by atoms with van der Waals surface area (Å²) in [6, 6.07) is 9.27. The fourth-order valence-electron chi connectivity index (χ4n) is 2.28. The van der Waals surface area contributed by atoms with E-state index in [-0.39, 0.29) is 17.3 Å². The molecule has 3 aromatic rings. The van der Waals surface area contributed by atoms with Gasteiger partial charge >= 0.3 is 10.8 Å². The fourth-order valence-corrected chi connectivity index (χ4v) is 3.02. The van der Waals surface area contributed by atoms with Crippen LogP contribution in [0, 0.1) is 13.8 Å². The summed E-state index contributed by atoms with van der Waals surface area (Å²) in [5.74, 6) is -1.09. The standard InChI is InChI=1S/C18H17N3O5S/c1-11-3-5-13(6-4-11)14-7-16(26-20-14)19-15(22)9-25-17(23)8-21-12(2)10-27-18(21)24/h3-7,10H,8-9H2,1-2H3,(H,19,22). The fraction of sp³-hybridized carbons (Fsp3) is 0.222. The van der Waals surface area contributed by atoms with E-state index in [2.05, 4.69) is 10.5 Å². The number of thiazole rings is 1. The molecule has 0 fully saturated rings. The summed E-state index contributed by atoms with van der Waals surface area (Å²) < 4.78 is 11.3. The minimum atomic E-state index is -0.674. The van der Waals surface area contributed by atoms with Crippen LogP contribution < -0.4 is 10.2 Å². The first-order valence-corrected chi connectivity index (χ1v) is 8.94. The molecule has 0 spiro atoms. The number of aromatic nitrogens is 2. The highest BCUT2D eigenvalue weighted by atomic mass is 32.1. The molecule has 0 aliphatic carbocycles. The zero-order valence-electron chi connectivity index (χ0n) is 14.7. The lowest BCUT2D eigenvalue weighted by Crippen LogP contribution is -2.26. The van der Waals surface area contributed by atoms with Crippen LogP contribution in [0.3, 0.4) is 0 Å². The lowest BCUT2D eigenvalue weighted by molar-refractivity contribution is -0.148. The molecule has 8 nitrogen and oxygen atoms in total. The van der Waals surface area contributed by atoms with Crippen molar-refractivity contribution in [3.8, 4) is 11.3 Å². The highest BCUT2D eigenvalue weighted by Gasteiger charge is 2.14. The molecular formula is C18H17N3O5S. The quantitative estimate of drug-likeness (QED) is 0.651. The Morgan fingerprint density at radius 3 is 2.67 bits per heavy atom. The van der Waals surface area contributed by atoms with E-state index in [4.69, 9.17) is 9.26 Å². The molecule has 27 heavy (non-hydrogen) atoms. The van der Waals surface area contributed by atoms with Gasteiger partial charge in [0.1, 0.15) is 12.2 Å². The van der Waals surface area contributed by atoms with Crippen LogP contribution in [0.1, 0.15) is 11.3 Å². The predicted molar refractivity (Wildman–Crippen MR) is 99.6 cm³/mol. The van der Waals surface area contributed by atoms with Crippen molar-refractivity contribution >= 4 is 29.1 Å². The van der Waals surface area contributed by atoms with Crippen molar-refractivity contribution in [2.24, 2.45) is 0 Å². The van der Waals surface area contributed by atoms with Gasteiger partial charge in [0.25, 0.3) is 5.91 Å². The van der Waals surface area contributed by atoms with E-state index in [1.54, 1.807) is 18.4 Å². The first-order chi connectivity index (χ1) is 12.9. The summed E-state index contributed by atoms with van der Waals surface area (Å²) in [7, 11) is 0. The first kappa shape index (κ1) is 18.6. The maximum atomic E-state index is 11.9. The molecule has 1 aromatic carbocycles. The van der Waals surface area contributed by atoms with Crippen molar-refractivity contribution in [1.29, 1.82) is 0 Å². The minimum absolute atomic E-state index is 0.150. The summed E-state index contributed by atoms with van der Waals surface area (Å²) in [4.78, 5) is 35.0. The third-order valence-electron chi connectivity index (χ3n) is 3.75. The van der Waals surface area contributed by atoms with Crippen molar-refractivity contribution in [3.63, 3.8) is 0 Å². The van der Waals surface area contributed by atoms with Crippen molar-refractivity contribution < 1.29 is 18.8 Å². The molecule has 0 aliphatic heterocycles. The van der Waals surface area contributed by atoms with Gasteiger partial charge in [-0.3, -0.25) is 24.3 Å². The number of aryl methyl sites for hydroxylation is 2. The Morgan fingerprint density at radius 1 is 1.26 bits per heavy atom. The predicted octanol–water partition coefficient (Wildman–Crippen LogP) is 2.36. The molecular weight excluding hydrogens is 370 g/mol. The lowest BCUT2D eigenvalue weighted by Gasteiger charge is -2.05. The van der Waals surface area contributed by atoms with Crippen LogP contribution in [0.2, 0.25) is 0 Å². The van der Waals surface area contributed by atoms with E-state index >= 15 is 0 Å². The number of carbonyl (C=O) groups excluding carboxylic acids is 2. The van der Waals surface area contributed by atoms with Gasteiger partial charge in [-0.05, 0) is 13.8 Å². The number of rotatable bonds is 6. The van der Waals surface area contributed by atoms with Gasteiger partial charge in [0, 0.05) is 22.7 Å². The van der Waals surface area contributed by atoms with Crippen molar-refractivity contribution in [1.82, 2.24) is 9.72 Å². The Hall–Kier alpha value is -3.20. The van der Waals surface area contributed by atoms with Gasteiger partial charge in [0.2, 0.25) is 5.88 Å². The molecule has 2 heterocycles. The molecule has 0 saturated carbocycles. The molecule has 0 atom stereocenters. The van der Waals surface area contributed by atoms with Gasteiger partial charge in [0.15, 0.2) is 6.61 Å². The Kier molecular flexibility index (Phi) is 5.51. The normalized spacial score (nSPS) is 10.6. The average Bonchev–Trinajstić information content (AvgIpc) is 3.22. The van der Waals surface area contributed by atoms with E-state index in [0.717, 1.165) is 22.5 Å². The number of benzene rings is 1. The highest BCUT2D eigenvalue weighted by molar-refractivity contribution is 7.07. The molecule has 0 unspecified atom stereocenters. The summed E-state index contributed by atoms with van der Waals surface area (Å²) in [6.45, 7) is 2.97. The van der Waals surface area contributed by atoms with Crippen molar-refractivity contribution in [2.75, 3.05) is 11.9 Å².